The minimum absolute atomic E-state index is 0.0846. The van der Waals surface area contributed by atoms with Gasteiger partial charge in [0.05, 0.1) is 17.0 Å². The summed E-state index contributed by atoms with van der Waals surface area (Å²) in [6.45, 7) is 0. The summed E-state index contributed by atoms with van der Waals surface area (Å²) in [5.74, 6) is 0.987. The number of nitrogen functional groups attached to an aromatic ring is 1. The van der Waals surface area contributed by atoms with Gasteiger partial charge < -0.3 is 10.1 Å². The van der Waals surface area contributed by atoms with Crippen LogP contribution in [0.2, 0.25) is 5.15 Å². The van der Waals surface area contributed by atoms with E-state index >= 15 is 0 Å². The number of halogens is 1. The van der Waals surface area contributed by atoms with Gasteiger partial charge in [-0.25, -0.2) is 13.4 Å². The number of fused-ring (bicyclic) bond motifs is 1. The average Bonchev–Trinajstić information content (AvgIpc) is 2.80. The molecule has 1 aliphatic heterocycles. The molecule has 0 saturated carbocycles. The maximum absolute atomic E-state index is 11.5. The molecule has 96 valence electrons. The van der Waals surface area contributed by atoms with Crippen LogP contribution in [0.1, 0.15) is 18.2 Å². The lowest BCUT2D eigenvalue weighted by Crippen LogP contribution is -2.07. The van der Waals surface area contributed by atoms with Gasteiger partial charge in [0, 0.05) is 17.8 Å². The molecule has 18 heavy (non-hydrogen) atoms. The van der Waals surface area contributed by atoms with E-state index in [1.807, 2.05) is 4.40 Å². The van der Waals surface area contributed by atoms with E-state index in [1.165, 1.54) is 0 Å². The van der Waals surface area contributed by atoms with Crippen molar-refractivity contribution >= 4 is 32.6 Å². The molecule has 2 N–H and O–H groups in total. The number of aromatic nitrogens is 2. The Morgan fingerprint density at radius 2 is 2.28 bits per heavy atom. The monoisotopic (exact) mass is 285 g/mol. The molecule has 3 heterocycles. The Hall–Kier alpha value is -1.27. The van der Waals surface area contributed by atoms with Gasteiger partial charge in [-0.1, -0.05) is 11.6 Å². The first kappa shape index (κ1) is 11.8. The predicted molar refractivity (Wildman–Crippen MR) is 70.6 cm³/mol. The molecule has 1 saturated heterocycles. The average molecular weight is 286 g/mol. The number of anilines is 1. The Bertz CT molecular complexity index is 723. The van der Waals surface area contributed by atoms with E-state index in [4.69, 9.17) is 17.3 Å². The molecule has 5 nitrogen and oxygen atoms in total. The number of hydrogen-bond donors (Lipinski definition) is 1. The van der Waals surface area contributed by atoms with Crippen LogP contribution in [0.25, 0.3) is 5.52 Å². The number of imidazole rings is 1. The molecular weight excluding hydrogens is 274 g/mol. The van der Waals surface area contributed by atoms with Crippen LogP contribution in [0, 0.1) is 0 Å². The first-order chi connectivity index (χ1) is 8.46. The van der Waals surface area contributed by atoms with Crippen molar-refractivity contribution in [3.8, 4) is 0 Å². The lowest BCUT2D eigenvalue weighted by molar-refractivity contribution is 0.601. The van der Waals surface area contributed by atoms with Crippen LogP contribution >= 0.6 is 11.6 Å². The van der Waals surface area contributed by atoms with E-state index in [0.29, 0.717) is 23.1 Å². The van der Waals surface area contributed by atoms with E-state index < -0.39 is 9.84 Å². The summed E-state index contributed by atoms with van der Waals surface area (Å²) in [5.41, 5.74) is 7.03. The summed E-state index contributed by atoms with van der Waals surface area (Å²) < 4.78 is 24.9. The number of rotatable bonds is 1. The lowest BCUT2D eigenvalue weighted by atomic mass is 10.1. The fourth-order valence-electron chi connectivity index (χ4n) is 2.37. The van der Waals surface area contributed by atoms with Gasteiger partial charge in [0.2, 0.25) is 0 Å². The van der Waals surface area contributed by atoms with E-state index in [0.717, 1.165) is 5.52 Å². The standard InChI is InChI=1S/C11H12ClN3O2S/c12-10-9-5-8(13)1-3-15(9)11(14-10)7-2-4-18(16,17)6-7/h1,3,5,7H,2,4,6,13H2. The third kappa shape index (κ3) is 1.85. The molecule has 0 amide bonds. The zero-order chi connectivity index (χ0) is 12.9. The topological polar surface area (TPSA) is 77.5 Å². The molecule has 0 radical (unpaired) electrons. The van der Waals surface area contributed by atoms with Crippen LogP contribution in [0.5, 0.6) is 0 Å². The molecule has 1 unspecified atom stereocenters. The zero-order valence-corrected chi connectivity index (χ0v) is 11.1. The zero-order valence-electron chi connectivity index (χ0n) is 9.51. The van der Waals surface area contributed by atoms with Gasteiger partial charge in [-0.05, 0) is 18.6 Å². The Morgan fingerprint density at radius 3 is 2.94 bits per heavy atom. The van der Waals surface area contributed by atoms with Gasteiger partial charge in [0.1, 0.15) is 5.82 Å². The highest BCUT2D eigenvalue weighted by Crippen LogP contribution is 2.31. The first-order valence-electron chi connectivity index (χ1n) is 5.60. The fourth-order valence-corrected chi connectivity index (χ4v) is 4.34. The molecule has 3 rings (SSSR count). The highest BCUT2D eigenvalue weighted by molar-refractivity contribution is 7.91. The largest absolute Gasteiger partial charge is 0.399 e. The highest BCUT2D eigenvalue weighted by atomic mass is 35.5. The Kier molecular flexibility index (Phi) is 2.53. The summed E-state index contributed by atoms with van der Waals surface area (Å²) in [5, 5.41) is 0.363. The van der Waals surface area contributed by atoms with Gasteiger partial charge >= 0.3 is 0 Å². The van der Waals surface area contributed by atoms with Crippen LogP contribution < -0.4 is 5.73 Å². The molecule has 7 heteroatoms. The van der Waals surface area contributed by atoms with Gasteiger partial charge in [0.25, 0.3) is 0 Å². The van der Waals surface area contributed by atoms with Crippen molar-refractivity contribution in [3.63, 3.8) is 0 Å². The van der Waals surface area contributed by atoms with Gasteiger partial charge in [-0.2, -0.15) is 0 Å². The smallest absolute Gasteiger partial charge is 0.155 e. The number of sulfone groups is 1. The van der Waals surface area contributed by atoms with Crippen molar-refractivity contribution in [2.75, 3.05) is 17.2 Å². The van der Waals surface area contributed by atoms with Crippen molar-refractivity contribution in [3.05, 3.63) is 29.3 Å². The van der Waals surface area contributed by atoms with Gasteiger partial charge in [-0.15, -0.1) is 0 Å². The Labute approximate surface area is 109 Å². The van der Waals surface area contributed by atoms with Crippen molar-refractivity contribution in [1.82, 2.24) is 9.38 Å². The molecule has 1 fully saturated rings. The maximum Gasteiger partial charge on any atom is 0.155 e. The minimum atomic E-state index is -2.93. The van der Waals surface area contributed by atoms with Gasteiger partial charge in [0.15, 0.2) is 15.0 Å². The van der Waals surface area contributed by atoms with E-state index in [9.17, 15) is 8.42 Å². The summed E-state index contributed by atoms with van der Waals surface area (Å²) >= 11 is 6.06. The van der Waals surface area contributed by atoms with Crippen molar-refractivity contribution in [2.45, 2.75) is 12.3 Å². The number of nitrogens with two attached hydrogens (primary N) is 1. The summed E-state index contributed by atoms with van der Waals surface area (Å²) in [4.78, 5) is 4.29. The summed E-state index contributed by atoms with van der Waals surface area (Å²) in [6, 6.07) is 3.49. The molecule has 1 aliphatic rings. The summed E-state index contributed by atoms with van der Waals surface area (Å²) in [6.07, 6.45) is 2.38. The molecule has 0 bridgehead atoms. The maximum atomic E-state index is 11.5. The second-order valence-electron chi connectivity index (χ2n) is 4.58. The summed E-state index contributed by atoms with van der Waals surface area (Å²) in [7, 11) is -2.93. The first-order valence-corrected chi connectivity index (χ1v) is 7.79. The van der Waals surface area contributed by atoms with E-state index in [2.05, 4.69) is 4.98 Å². The molecule has 1 atom stereocenters. The van der Waals surface area contributed by atoms with Crippen LogP contribution in [-0.4, -0.2) is 29.3 Å². The second-order valence-corrected chi connectivity index (χ2v) is 7.16. The van der Waals surface area contributed by atoms with E-state index in [1.54, 1.807) is 18.3 Å². The van der Waals surface area contributed by atoms with Crippen LogP contribution in [0.4, 0.5) is 5.69 Å². The van der Waals surface area contributed by atoms with Crippen molar-refractivity contribution in [1.29, 1.82) is 0 Å². The minimum Gasteiger partial charge on any atom is -0.399 e. The molecule has 2 aromatic rings. The van der Waals surface area contributed by atoms with Crippen molar-refractivity contribution in [2.24, 2.45) is 0 Å². The molecule has 0 aliphatic carbocycles. The Morgan fingerprint density at radius 1 is 1.50 bits per heavy atom. The number of nitrogens with zero attached hydrogens (tertiary/aromatic N) is 2. The normalized spacial score (nSPS) is 22.6. The molecular formula is C11H12ClN3O2S. The highest BCUT2D eigenvalue weighted by Gasteiger charge is 2.32. The third-order valence-corrected chi connectivity index (χ3v) is 5.29. The van der Waals surface area contributed by atoms with Crippen LogP contribution in [-0.2, 0) is 9.84 Å². The van der Waals surface area contributed by atoms with Crippen LogP contribution in [0.15, 0.2) is 18.3 Å². The van der Waals surface area contributed by atoms with Crippen LogP contribution in [0.3, 0.4) is 0 Å². The Balaban J connectivity index is 2.14. The predicted octanol–water partition coefficient (Wildman–Crippen LogP) is 1.47. The van der Waals surface area contributed by atoms with E-state index in [-0.39, 0.29) is 17.4 Å². The SMILES string of the molecule is Nc1ccn2c(C3CCS(=O)(=O)C3)nc(Cl)c2c1. The number of hydrogen-bond acceptors (Lipinski definition) is 4. The second kappa shape index (κ2) is 3.86. The molecule has 0 spiro atoms. The van der Waals surface area contributed by atoms with Crippen molar-refractivity contribution < 1.29 is 8.42 Å². The van der Waals surface area contributed by atoms with Gasteiger partial charge in [-0.3, -0.25) is 0 Å². The quantitative estimate of drug-likeness (QED) is 0.861. The third-order valence-electron chi connectivity index (χ3n) is 3.25. The lowest BCUT2D eigenvalue weighted by Gasteiger charge is -2.06. The fraction of sp³-hybridized carbons (Fsp3) is 0.364. The molecule has 0 aromatic carbocycles. The molecule has 2 aromatic heterocycles. The number of pyridine rings is 1.